The largest absolute Gasteiger partial charge is 0.308 e. The third kappa shape index (κ3) is 4.67. The van der Waals surface area contributed by atoms with Crippen LogP contribution in [0.3, 0.4) is 0 Å². The standard InChI is InChI=1S/C6H13ClFN/c1-6(2,5-7)9-4-3-8/h9H,3-5H2,1-2H3. The van der Waals surface area contributed by atoms with Gasteiger partial charge in [0, 0.05) is 18.0 Å². The van der Waals surface area contributed by atoms with Crippen LogP contribution in [-0.4, -0.2) is 24.6 Å². The van der Waals surface area contributed by atoms with Gasteiger partial charge >= 0.3 is 0 Å². The minimum atomic E-state index is -0.333. The van der Waals surface area contributed by atoms with Crippen molar-refractivity contribution < 1.29 is 4.39 Å². The highest BCUT2D eigenvalue weighted by Crippen LogP contribution is 2.02. The van der Waals surface area contributed by atoms with E-state index >= 15 is 0 Å². The number of nitrogens with one attached hydrogen (secondary N) is 1. The smallest absolute Gasteiger partial charge is 0.102 e. The van der Waals surface area contributed by atoms with Crippen molar-refractivity contribution in [2.24, 2.45) is 0 Å². The zero-order chi connectivity index (χ0) is 7.33. The molecule has 1 nitrogen and oxygen atoms in total. The van der Waals surface area contributed by atoms with Crippen LogP contribution in [-0.2, 0) is 0 Å². The van der Waals surface area contributed by atoms with Crippen LogP contribution in [0.25, 0.3) is 0 Å². The molecule has 56 valence electrons. The van der Waals surface area contributed by atoms with Gasteiger partial charge < -0.3 is 5.32 Å². The highest BCUT2D eigenvalue weighted by Gasteiger charge is 2.13. The average Bonchev–Trinajstić information content (AvgIpc) is 1.84. The molecule has 0 aliphatic heterocycles. The first kappa shape index (κ1) is 9.18. The Bertz CT molecular complexity index is 75.5. The van der Waals surface area contributed by atoms with Gasteiger partial charge in [0.05, 0.1) is 0 Å². The fourth-order valence-electron chi connectivity index (χ4n) is 0.433. The van der Waals surface area contributed by atoms with Crippen LogP contribution in [0.5, 0.6) is 0 Å². The summed E-state index contributed by atoms with van der Waals surface area (Å²) in [5.41, 5.74) is -0.131. The lowest BCUT2D eigenvalue weighted by Crippen LogP contribution is -2.41. The van der Waals surface area contributed by atoms with Gasteiger partial charge in [-0.1, -0.05) is 0 Å². The minimum Gasteiger partial charge on any atom is -0.308 e. The number of alkyl halides is 2. The maximum absolute atomic E-state index is 11.6. The molecule has 0 atom stereocenters. The maximum atomic E-state index is 11.6. The fourth-order valence-corrected chi connectivity index (χ4v) is 0.527. The van der Waals surface area contributed by atoms with Crippen LogP contribution in [0, 0.1) is 0 Å². The first-order valence-electron chi connectivity index (χ1n) is 2.99. The quantitative estimate of drug-likeness (QED) is 0.605. The Balaban J connectivity index is 3.33. The monoisotopic (exact) mass is 153 g/mol. The third-order valence-corrected chi connectivity index (χ3v) is 1.70. The summed E-state index contributed by atoms with van der Waals surface area (Å²) in [5.74, 6) is 0.507. The molecule has 0 rings (SSSR count). The predicted octanol–water partition coefficient (Wildman–Crippen LogP) is 1.56. The van der Waals surface area contributed by atoms with E-state index in [0.29, 0.717) is 12.4 Å². The molecule has 1 N–H and O–H groups in total. The highest BCUT2D eigenvalue weighted by molar-refractivity contribution is 6.18. The van der Waals surface area contributed by atoms with Gasteiger partial charge in [-0.25, -0.2) is 4.39 Å². The van der Waals surface area contributed by atoms with Gasteiger partial charge in [-0.3, -0.25) is 0 Å². The molecule has 0 fully saturated rings. The van der Waals surface area contributed by atoms with Gasteiger partial charge in [0.1, 0.15) is 6.67 Å². The van der Waals surface area contributed by atoms with Crippen molar-refractivity contribution in [1.82, 2.24) is 5.32 Å². The molecule has 9 heavy (non-hydrogen) atoms. The van der Waals surface area contributed by atoms with Gasteiger partial charge in [0.2, 0.25) is 0 Å². The molecule has 0 unspecified atom stereocenters. The van der Waals surface area contributed by atoms with Crippen molar-refractivity contribution in [3.63, 3.8) is 0 Å². The molecule has 3 heteroatoms. The van der Waals surface area contributed by atoms with Crippen molar-refractivity contribution in [2.75, 3.05) is 19.1 Å². The Morgan fingerprint density at radius 1 is 1.56 bits per heavy atom. The summed E-state index contributed by atoms with van der Waals surface area (Å²) in [6, 6.07) is 0. The van der Waals surface area contributed by atoms with Gasteiger partial charge in [-0.15, -0.1) is 11.6 Å². The molecule has 0 aromatic carbocycles. The molecule has 0 aliphatic carbocycles. The van der Waals surface area contributed by atoms with E-state index in [1.807, 2.05) is 13.8 Å². The van der Waals surface area contributed by atoms with E-state index in [1.54, 1.807) is 0 Å². The zero-order valence-electron chi connectivity index (χ0n) is 5.88. The van der Waals surface area contributed by atoms with Crippen LogP contribution < -0.4 is 5.32 Å². The summed E-state index contributed by atoms with van der Waals surface area (Å²) in [6.07, 6.45) is 0. The summed E-state index contributed by atoms with van der Waals surface area (Å²) in [5, 5.41) is 2.95. The summed E-state index contributed by atoms with van der Waals surface area (Å²) >= 11 is 5.54. The molecule has 0 radical (unpaired) electrons. The first-order chi connectivity index (χ1) is 4.12. The topological polar surface area (TPSA) is 12.0 Å². The second-order valence-electron chi connectivity index (χ2n) is 2.63. The van der Waals surface area contributed by atoms with Crippen LogP contribution in [0.1, 0.15) is 13.8 Å². The van der Waals surface area contributed by atoms with E-state index in [-0.39, 0.29) is 12.2 Å². The lowest BCUT2D eigenvalue weighted by Gasteiger charge is -2.22. The summed E-state index contributed by atoms with van der Waals surface area (Å²) in [6.45, 7) is 3.94. The van der Waals surface area contributed by atoms with E-state index in [2.05, 4.69) is 5.32 Å². The van der Waals surface area contributed by atoms with E-state index in [0.717, 1.165) is 0 Å². The van der Waals surface area contributed by atoms with Gasteiger partial charge in [0.15, 0.2) is 0 Å². The molecule has 0 bridgehead atoms. The van der Waals surface area contributed by atoms with Crippen LogP contribution in [0.2, 0.25) is 0 Å². The molecule has 0 aromatic rings. The molecule has 0 amide bonds. The zero-order valence-corrected chi connectivity index (χ0v) is 6.63. The first-order valence-corrected chi connectivity index (χ1v) is 3.53. The fraction of sp³-hybridized carbons (Fsp3) is 1.00. The van der Waals surface area contributed by atoms with Crippen molar-refractivity contribution in [1.29, 1.82) is 0 Å². The lowest BCUT2D eigenvalue weighted by atomic mass is 10.1. The van der Waals surface area contributed by atoms with Gasteiger partial charge in [0.25, 0.3) is 0 Å². The van der Waals surface area contributed by atoms with Gasteiger partial charge in [-0.05, 0) is 13.8 Å². The van der Waals surface area contributed by atoms with Gasteiger partial charge in [-0.2, -0.15) is 0 Å². The number of halogens is 2. The molecule has 0 heterocycles. The Morgan fingerprint density at radius 2 is 2.11 bits per heavy atom. The van der Waals surface area contributed by atoms with Crippen LogP contribution in [0.15, 0.2) is 0 Å². The Hall–Kier alpha value is 0.180. The maximum Gasteiger partial charge on any atom is 0.102 e. The second kappa shape index (κ2) is 4.07. The van der Waals surface area contributed by atoms with Crippen molar-refractivity contribution >= 4 is 11.6 Å². The Labute approximate surface area is 60.6 Å². The van der Waals surface area contributed by atoms with Crippen molar-refractivity contribution in [3.8, 4) is 0 Å². The Kier molecular flexibility index (Phi) is 4.15. The summed E-state index contributed by atoms with van der Waals surface area (Å²) in [4.78, 5) is 0. The second-order valence-corrected chi connectivity index (χ2v) is 2.90. The van der Waals surface area contributed by atoms with E-state index < -0.39 is 0 Å². The molecule has 0 spiro atoms. The summed E-state index contributed by atoms with van der Waals surface area (Å²) < 4.78 is 11.6. The minimum absolute atomic E-state index is 0.131. The van der Waals surface area contributed by atoms with E-state index in [4.69, 9.17) is 11.6 Å². The molecule has 0 saturated carbocycles. The van der Waals surface area contributed by atoms with E-state index in [1.165, 1.54) is 0 Å². The average molecular weight is 154 g/mol. The van der Waals surface area contributed by atoms with Crippen LogP contribution >= 0.6 is 11.6 Å². The Morgan fingerprint density at radius 3 is 2.44 bits per heavy atom. The molecular formula is C6H13ClFN. The molecule has 0 saturated heterocycles. The highest BCUT2D eigenvalue weighted by atomic mass is 35.5. The molecule has 0 aromatic heterocycles. The lowest BCUT2D eigenvalue weighted by molar-refractivity contribution is 0.384. The van der Waals surface area contributed by atoms with E-state index in [9.17, 15) is 4.39 Å². The third-order valence-electron chi connectivity index (χ3n) is 1.03. The predicted molar refractivity (Wildman–Crippen MR) is 38.8 cm³/mol. The molecule has 0 aliphatic rings. The van der Waals surface area contributed by atoms with Crippen LogP contribution in [0.4, 0.5) is 4.39 Å². The number of hydrogen-bond donors (Lipinski definition) is 1. The number of rotatable bonds is 4. The van der Waals surface area contributed by atoms with Crippen molar-refractivity contribution in [2.45, 2.75) is 19.4 Å². The normalized spacial score (nSPS) is 12.0. The summed E-state index contributed by atoms with van der Waals surface area (Å²) in [7, 11) is 0. The SMILES string of the molecule is CC(C)(CCl)NCCF. The molecular weight excluding hydrogens is 141 g/mol. The number of hydrogen-bond acceptors (Lipinski definition) is 1. The van der Waals surface area contributed by atoms with Crippen molar-refractivity contribution in [3.05, 3.63) is 0 Å².